The summed E-state index contributed by atoms with van der Waals surface area (Å²) in [4.78, 5) is 14.0. The van der Waals surface area contributed by atoms with Gasteiger partial charge in [0.25, 0.3) is 0 Å². The van der Waals surface area contributed by atoms with E-state index in [9.17, 15) is 13.2 Å². The number of benzene rings is 1. The van der Waals surface area contributed by atoms with Gasteiger partial charge in [-0.15, -0.1) is 0 Å². The number of amides is 1. The molecule has 0 aliphatic rings. The number of likely N-dealkylation sites (N-methyl/N-ethyl adjacent to an activating group) is 1. The Balaban J connectivity index is 3.14. The highest BCUT2D eigenvalue weighted by Crippen LogP contribution is 2.38. The lowest BCUT2D eigenvalue weighted by Crippen LogP contribution is -2.42. The Morgan fingerprint density at radius 2 is 1.80 bits per heavy atom. The van der Waals surface area contributed by atoms with Crippen molar-refractivity contribution >= 4 is 33.2 Å². The number of halogens is 1. The zero-order chi connectivity index (χ0) is 19.2. The SMILES string of the molecule is COc1cc(N(CC(=O)NCCN(C)C)S(C)(=O)=O)c(OC)cc1Cl. The molecule has 0 aliphatic heterocycles. The van der Waals surface area contributed by atoms with Gasteiger partial charge in [0, 0.05) is 25.2 Å². The fourth-order valence-electron chi connectivity index (χ4n) is 2.03. The van der Waals surface area contributed by atoms with Crippen LogP contribution < -0.4 is 19.1 Å². The number of anilines is 1. The first-order valence-electron chi connectivity index (χ1n) is 7.40. The lowest BCUT2D eigenvalue weighted by molar-refractivity contribution is -0.119. The molecule has 0 spiro atoms. The third kappa shape index (κ3) is 6.26. The fraction of sp³-hybridized carbons (Fsp3) is 0.533. The van der Waals surface area contributed by atoms with Crippen LogP contribution in [0.1, 0.15) is 0 Å². The van der Waals surface area contributed by atoms with Crippen molar-refractivity contribution in [2.24, 2.45) is 0 Å². The second-order valence-electron chi connectivity index (χ2n) is 5.58. The molecular formula is C15H24ClN3O5S. The van der Waals surface area contributed by atoms with E-state index in [1.165, 1.54) is 26.4 Å². The summed E-state index contributed by atoms with van der Waals surface area (Å²) >= 11 is 6.05. The summed E-state index contributed by atoms with van der Waals surface area (Å²) in [7, 11) is 2.81. The summed E-state index contributed by atoms with van der Waals surface area (Å²) in [5.41, 5.74) is 0.175. The highest BCUT2D eigenvalue weighted by molar-refractivity contribution is 7.92. The summed E-state index contributed by atoms with van der Waals surface area (Å²) in [5, 5.41) is 2.95. The van der Waals surface area contributed by atoms with E-state index in [1.54, 1.807) is 0 Å². The number of carbonyl (C=O) groups is 1. The molecule has 25 heavy (non-hydrogen) atoms. The fourth-order valence-corrected chi connectivity index (χ4v) is 3.11. The molecule has 142 valence electrons. The molecule has 1 amide bonds. The van der Waals surface area contributed by atoms with Crippen LogP contribution in [-0.4, -0.2) is 73.4 Å². The van der Waals surface area contributed by atoms with Gasteiger partial charge in [0.05, 0.1) is 31.2 Å². The maximum absolute atomic E-state index is 12.2. The van der Waals surface area contributed by atoms with Crippen molar-refractivity contribution in [3.05, 3.63) is 17.2 Å². The first-order valence-corrected chi connectivity index (χ1v) is 9.63. The molecule has 0 saturated carbocycles. The number of rotatable bonds is 9. The Morgan fingerprint density at radius 3 is 2.28 bits per heavy atom. The molecule has 8 nitrogen and oxygen atoms in total. The van der Waals surface area contributed by atoms with Crippen molar-refractivity contribution in [1.29, 1.82) is 0 Å². The third-order valence-electron chi connectivity index (χ3n) is 3.29. The van der Waals surface area contributed by atoms with Crippen LogP contribution in [0.5, 0.6) is 11.5 Å². The number of sulfonamides is 1. The van der Waals surface area contributed by atoms with Gasteiger partial charge in [-0.05, 0) is 14.1 Å². The minimum absolute atomic E-state index is 0.175. The second kappa shape index (κ2) is 9.12. The molecule has 1 aromatic rings. The number of nitrogens with one attached hydrogen (secondary N) is 1. The predicted octanol–water partition coefficient (Wildman–Crippen LogP) is 0.801. The lowest BCUT2D eigenvalue weighted by Gasteiger charge is -2.24. The monoisotopic (exact) mass is 393 g/mol. The number of hydrogen-bond acceptors (Lipinski definition) is 6. The lowest BCUT2D eigenvalue weighted by atomic mass is 10.2. The molecule has 0 radical (unpaired) electrons. The largest absolute Gasteiger partial charge is 0.495 e. The Labute approximate surface area is 153 Å². The highest BCUT2D eigenvalue weighted by Gasteiger charge is 2.25. The van der Waals surface area contributed by atoms with Gasteiger partial charge < -0.3 is 19.7 Å². The quantitative estimate of drug-likeness (QED) is 0.667. The molecule has 0 heterocycles. The van der Waals surface area contributed by atoms with Gasteiger partial charge in [0.1, 0.15) is 18.0 Å². The summed E-state index contributed by atoms with van der Waals surface area (Å²) in [5.74, 6) is 0.0692. The van der Waals surface area contributed by atoms with E-state index in [-0.39, 0.29) is 28.8 Å². The molecule has 10 heteroatoms. The average molecular weight is 394 g/mol. The van der Waals surface area contributed by atoms with E-state index in [4.69, 9.17) is 21.1 Å². The van der Waals surface area contributed by atoms with Crippen LogP contribution in [0.25, 0.3) is 0 Å². The maximum atomic E-state index is 12.2. The van der Waals surface area contributed by atoms with E-state index >= 15 is 0 Å². The van der Waals surface area contributed by atoms with E-state index in [1.807, 2.05) is 19.0 Å². The van der Waals surface area contributed by atoms with E-state index in [0.717, 1.165) is 10.6 Å². The number of nitrogens with zero attached hydrogens (tertiary/aromatic N) is 2. The minimum atomic E-state index is -3.74. The van der Waals surface area contributed by atoms with Crippen LogP contribution in [-0.2, 0) is 14.8 Å². The Kier molecular flexibility index (Phi) is 7.78. The molecule has 0 bridgehead atoms. The van der Waals surface area contributed by atoms with Crippen molar-refractivity contribution in [2.75, 3.05) is 58.5 Å². The van der Waals surface area contributed by atoms with Crippen molar-refractivity contribution in [3.63, 3.8) is 0 Å². The number of hydrogen-bond donors (Lipinski definition) is 1. The zero-order valence-corrected chi connectivity index (χ0v) is 16.6. The smallest absolute Gasteiger partial charge is 0.240 e. The number of carbonyl (C=O) groups excluding carboxylic acids is 1. The summed E-state index contributed by atoms with van der Waals surface area (Å²) in [6.07, 6.45) is 1.01. The van der Waals surface area contributed by atoms with Crippen LogP contribution in [0.4, 0.5) is 5.69 Å². The van der Waals surface area contributed by atoms with Gasteiger partial charge in [-0.1, -0.05) is 11.6 Å². The molecule has 1 aromatic carbocycles. The summed E-state index contributed by atoms with van der Waals surface area (Å²) < 4.78 is 35.7. The first kappa shape index (κ1) is 21.3. The Morgan fingerprint density at radius 1 is 1.20 bits per heavy atom. The molecule has 0 aliphatic carbocycles. The van der Waals surface area contributed by atoms with Gasteiger partial charge in [-0.3, -0.25) is 9.10 Å². The average Bonchev–Trinajstić information content (AvgIpc) is 2.51. The summed E-state index contributed by atoms with van der Waals surface area (Å²) in [6, 6.07) is 2.87. The third-order valence-corrected chi connectivity index (χ3v) is 4.71. The molecule has 0 atom stereocenters. The maximum Gasteiger partial charge on any atom is 0.240 e. The van der Waals surface area contributed by atoms with Crippen molar-refractivity contribution < 1.29 is 22.7 Å². The molecule has 1 rings (SSSR count). The Bertz CT molecular complexity index is 709. The van der Waals surface area contributed by atoms with Crippen molar-refractivity contribution in [1.82, 2.24) is 10.2 Å². The highest BCUT2D eigenvalue weighted by atomic mass is 35.5. The second-order valence-corrected chi connectivity index (χ2v) is 7.90. The molecule has 0 saturated heterocycles. The number of methoxy groups -OCH3 is 2. The Hall–Kier alpha value is -1.71. The topological polar surface area (TPSA) is 88.2 Å². The standard InChI is InChI=1S/C15H24ClN3O5S/c1-18(2)7-6-17-15(20)10-19(25(5,21)22)12-9-13(23-3)11(16)8-14(12)24-4/h8-9H,6-7,10H2,1-5H3,(H,17,20). The van der Waals surface area contributed by atoms with Gasteiger partial charge in [-0.25, -0.2) is 8.42 Å². The van der Waals surface area contributed by atoms with Gasteiger partial charge in [0.15, 0.2) is 0 Å². The molecule has 0 unspecified atom stereocenters. The molecular weight excluding hydrogens is 370 g/mol. The first-order chi connectivity index (χ1) is 11.6. The van der Waals surface area contributed by atoms with Gasteiger partial charge >= 0.3 is 0 Å². The van der Waals surface area contributed by atoms with Gasteiger partial charge in [0.2, 0.25) is 15.9 Å². The van der Waals surface area contributed by atoms with E-state index in [0.29, 0.717) is 13.1 Å². The van der Waals surface area contributed by atoms with Crippen LogP contribution in [0.15, 0.2) is 12.1 Å². The number of ether oxygens (including phenoxy) is 2. The molecule has 1 N–H and O–H groups in total. The van der Waals surface area contributed by atoms with Crippen molar-refractivity contribution in [2.45, 2.75) is 0 Å². The van der Waals surface area contributed by atoms with Crippen LogP contribution >= 0.6 is 11.6 Å². The van der Waals surface area contributed by atoms with E-state index in [2.05, 4.69) is 5.32 Å². The zero-order valence-electron chi connectivity index (χ0n) is 15.0. The normalized spacial score (nSPS) is 11.3. The van der Waals surface area contributed by atoms with Crippen molar-refractivity contribution in [3.8, 4) is 11.5 Å². The molecule has 0 fully saturated rings. The van der Waals surface area contributed by atoms with Crippen LogP contribution in [0, 0.1) is 0 Å². The van der Waals surface area contributed by atoms with Gasteiger partial charge in [-0.2, -0.15) is 0 Å². The molecule has 0 aromatic heterocycles. The predicted molar refractivity (Wildman–Crippen MR) is 98.3 cm³/mol. The summed E-state index contributed by atoms with van der Waals surface area (Å²) in [6.45, 7) is 0.667. The van der Waals surface area contributed by atoms with Crippen LogP contribution in [0.3, 0.4) is 0 Å². The van der Waals surface area contributed by atoms with Crippen LogP contribution in [0.2, 0.25) is 5.02 Å². The minimum Gasteiger partial charge on any atom is -0.495 e. The van der Waals surface area contributed by atoms with E-state index < -0.39 is 15.9 Å².